The lowest BCUT2D eigenvalue weighted by Gasteiger charge is -2.11. The Labute approximate surface area is 146 Å². The van der Waals surface area contributed by atoms with Crippen LogP contribution in [0.5, 0.6) is 0 Å². The van der Waals surface area contributed by atoms with E-state index in [9.17, 15) is 9.90 Å². The minimum atomic E-state index is -0.807. The van der Waals surface area contributed by atoms with Crippen LogP contribution in [-0.2, 0) is 6.42 Å². The van der Waals surface area contributed by atoms with Crippen molar-refractivity contribution in [2.24, 2.45) is 0 Å². The van der Waals surface area contributed by atoms with Crippen LogP contribution in [0.3, 0.4) is 0 Å². The van der Waals surface area contributed by atoms with Gasteiger partial charge >= 0.3 is 0 Å². The molecule has 130 valence electrons. The molecule has 0 saturated carbocycles. The lowest BCUT2D eigenvalue weighted by molar-refractivity contribution is 0.0890. The van der Waals surface area contributed by atoms with Gasteiger partial charge in [0.25, 0.3) is 5.91 Å². The first-order chi connectivity index (χ1) is 12.1. The number of fused-ring (bicyclic) bond motifs is 1. The van der Waals surface area contributed by atoms with Gasteiger partial charge in [0.2, 0.25) is 0 Å². The molecule has 0 radical (unpaired) electrons. The molecule has 5 heteroatoms. The molecule has 1 aromatic carbocycles. The molecule has 2 N–H and O–H groups in total. The summed E-state index contributed by atoms with van der Waals surface area (Å²) >= 11 is 0. The predicted molar refractivity (Wildman–Crippen MR) is 96.5 cm³/mol. The molecule has 0 unspecified atom stereocenters. The molecule has 3 aromatic rings. The maximum absolute atomic E-state index is 12.4. The Morgan fingerprint density at radius 3 is 2.92 bits per heavy atom. The van der Waals surface area contributed by atoms with Crippen molar-refractivity contribution in [3.8, 4) is 0 Å². The number of carbonyl (C=O) groups excluding carboxylic acids is 1. The van der Waals surface area contributed by atoms with Crippen molar-refractivity contribution >= 4 is 16.9 Å². The second kappa shape index (κ2) is 7.49. The Morgan fingerprint density at radius 1 is 1.36 bits per heavy atom. The van der Waals surface area contributed by atoms with Crippen LogP contribution in [0.1, 0.15) is 46.7 Å². The average Bonchev–Trinajstić information content (AvgIpc) is 2.97. The number of pyridine rings is 1. The number of nitrogens with zero attached hydrogens (tertiary/aromatic N) is 1. The summed E-state index contributed by atoms with van der Waals surface area (Å²) in [6.45, 7) is 4.12. The number of aliphatic hydroxyl groups excluding tert-OH is 1. The van der Waals surface area contributed by atoms with Crippen molar-refractivity contribution < 1.29 is 14.3 Å². The largest absolute Gasteiger partial charge is 0.451 e. The normalized spacial score (nSPS) is 12.3. The van der Waals surface area contributed by atoms with Crippen molar-refractivity contribution in [2.45, 2.75) is 32.8 Å². The van der Waals surface area contributed by atoms with Crippen LogP contribution in [0.25, 0.3) is 11.0 Å². The molecule has 0 spiro atoms. The van der Waals surface area contributed by atoms with Gasteiger partial charge in [-0.1, -0.05) is 25.5 Å². The molecule has 1 amide bonds. The number of hydrogen-bond donors (Lipinski definition) is 2. The summed E-state index contributed by atoms with van der Waals surface area (Å²) in [6, 6.07) is 9.54. The fourth-order valence-electron chi connectivity index (χ4n) is 2.89. The van der Waals surface area contributed by atoms with Gasteiger partial charge in [-0.25, -0.2) is 0 Å². The maximum Gasteiger partial charge on any atom is 0.287 e. The number of furan rings is 1. The van der Waals surface area contributed by atoms with E-state index in [-0.39, 0.29) is 12.5 Å². The first kappa shape index (κ1) is 17.2. The number of rotatable bonds is 6. The van der Waals surface area contributed by atoms with Gasteiger partial charge < -0.3 is 14.8 Å². The first-order valence-corrected chi connectivity index (χ1v) is 8.48. The van der Waals surface area contributed by atoms with Crippen LogP contribution in [0.4, 0.5) is 0 Å². The number of amides is 1. The van der Waals surface area contributed by atoms with Crippen LogP contribution in [0.15, 0.2) is 47.1 Å². The second-order valence-corrected chi connectivity index (χ2v) is 6.15. The summed E-state index contributed by atoms with van der Waals surface area (Å²) in [5.74, 6) is -0.0317. The van der Waals surface area contributed by atoms with E-state index in [4.69, 9.17) is 4.42 Å². The highest BCUT2D eigenvalue weighted by atomic mass is 16.3. The summed E-state index contributed by atoms with van der Waals surface area (Å²) in [5.41, 5.74) is 3.42. The van der Waals surface area contributed by atoms with E-state index in [0.29, 0.717) is 16.9 Å². The molecule has 2 aromatic heterocycles. The van der Waals surface area contributed by atoms with E-state index in [2.05, 4.69) is 23.3 Å². The quantitative estimate of drug-likeness (QED) is 0.721. The predicted octanol–water partition coefficient (Wildman–Crippen LogP) is 3.55. The third-order valence-electron chi connectivity index (χ3n) is 4.27. The highest BCUT2D eigenvalue weighted by Crippen LogP contribution is 2.26. The summed E-state index contributed by atoms with van der Waals surface area (Å²) in [7, 11) is 0. The second-order valence-electron chi connectivity index (χ2n) is 6.15. The monoisotopic (exact) mass is 338 g/mol. The minimum absolute atomic E-state index is 0.0993. The molecule has 0 bridgehead atoms. The standard InChI is InChI=1S/C20H22N2O3/c1-3-5-14-7-8-18-16(10-14)13(2)19(25-18)20(24)22-12-17(23)15-6-4-9-21-11-15/h4,6-11,17,23H,3,5,12H2,1-2H3,(H,22,24)/t17-/m1/s1. The summed E-state index contributed by atoms with van der Waals surface area (Å²) in [6.07, 6.45) is 4.48. The van der Waals surface area contributed by atoms with Crippen LogP contribution >= 0.6 is 0 Å². The SMILES string of the molecule is CCCc1ccc2oc(C(=O)NC[C@@H](O)c3cccnc3)c(C)c2c1. The molecular weight excluding hydrogens is 316 g/mol. The topological polar surface area (TPSA) is 75.4 Å². The minimum Gasteiger partial charge on any atom is -0.451 e. The van der Waals surface area contributed by atoms with E-state index in [0.717, 1.165) is 23.8 Å². The molecule has 0 fully saturated rings. The van der Waals surface area contributed by atoms with Gasteiger partial charge in [-0.3, -0.25) is 9.78 Å². The molecule has 1 atom stereocenters. The molecule has 0 saturated heterocycles. The Balaban J connectivity index is 1.74. The van der Waals surface area contributed by atoms with Gasteiger partial charge in [0.05, 0.1) is 6.10 Å². The number of aliphatic hydroxyl groups is 1. The van der Waals surface area contributed by atoms with E-state index in [1.165, 1.54) is 5.56 Å². The van der Waals surface area contributed by atoms with Gasteiger partial charge in [0.15, 0.2) is 5.76 Å². The van der Waals surface area contributed by atoms with Crippen LogP contribution in [0, 0.1) is 6.92 Å². The van der Waals surface area contributed by atoms with Gasteiger partial charge in [-0.15, -0.1) is 0 Å². The Morgan fingerprint density at radius 2 is 2.20 bits per heavy atom. The fourth-order valence-corrected chi connectivity index (χ4v) is 2.89. The zero-order chi connectivity index (χ0) is 17.8. The fraction of sp³-hybridized carbons (Fsp3) is 0.300. The average molecular weight is 338 g/mol. The van der Waals surface area contributed by atoms with E-state index < -0.39 is 6.10 Å². The molecule has 2 heterocycles. The van der Waals surface area contributed by atoms with Crippen LogP contribution in [-0.4, -0.2) is 22.5 Å². The van der Waals surface area contributed by atoms with Gasteiger partial charge in [0.1, 0.15) is 5.58 Å². The molecule has 0 aliphatic rings. The number of carbonyl (C=O) groups is 1. The zero-order valence-corrected chi connectivity index (χ0v) is 14.5. The molecule has 25 heavy (non-hydrogen) atoms. The van der Waals surface area contributed by atoms with Crippen LogP contribution < -0.4 is 5.32 Å². The maximum atomic E-state index is 12.4. The smallest absolute Gasteiger partial charge is 0.287 e. The Hall–Kier alpha value is -2.66. The van der Waals surface area contributed by atoms with Gasteiger partial charge in [-0.2, -0.15) is 0 Å². The van der Waals surface area contributed by atoms with Crippen molar-refractivity contribution in [3.05, 3.63) is 65.2 Å². The Bertz CT molecular complexity index is 871. The lowest BCUT2D eigenvalue weighted by atomic mass is 10.1. The molecular formula is C20H22N2O3. The lowest BCUT2D eigenvalue weighted by Crippen LogP contribution is -2.28. The molecule has 5 nitrogen and oxygen atoms in total. The molecule has 0 aliphatic carbocycles. The number of aromatic nitrogens is 1. The van der Waals surface area contributed by atoms with Crippen molar-refractivity contribution in [2.75, 3.05) is 6.54 Å². The number of hydrogen-bond acceptors (Lipinski definition) is 4. The van der Waals surface area contributed by atoms with E-state index in [1.807, 2.05) is 19.1 Å². The van der Waals surface area contributed by atoms with Crippen molar-refractivity contribution in [1.82, 2.24) is 10.3 Å². The molecule has 3 rings (SSSR count). The zero-order valence-electron chi connectivity index (χ0n) is 14.5. The first-order valence-electron chi connectivity index (χ1n) is 8.48. The van der Waals surface area contributed by atoms with Crippen molar-refractivity contribution in [3.63, 3.8) is 0 Å². The van der Waals surface area contributed by atoms with Gasteiger partial charge in [-0.05, 0) is 37.1 Å². The summed E-state index contributed by atoms with van der Waals surface area (Å²) in [5, 5.41) is 13.8. The number of aryl methyl sites for hydroxylation is 2. The van der Waals surface area contributed by atoms with Crippen molar-refractivity contribution in [1.29, 1.82) is 0 Å². The third-order valence-corrected chi connectivity index (χ3v) is 4.27. The van der Waals surface area contributed by atoms with E-state index in [1.54, 1.807) is 24.5 Å². The van der Waals surface area contributed by atoms with E-state index >= 15 is 0 Å². The third kappa shape index (κ3) is 3.72. The highest BCUT2D eigenvalue weighted by Gasteiger charge is 2.19. The van der Waals surface area contributed by atoms with Crippen LogP contribution in [0.2, 0.25) is 0 Å². The molecule has 0 aliphatic heterocycles. The Kier molecular flexibility index (Phi) is 5.14. The number of benzene rings is 1. The van der Waals surface area contributed by atoms with Gasteiger partial charge in [0, 0.05) is 35.5 Å². The highest BCUT2D eigenvalue weighted by molar-refractivity contribution is 5.99. The number of nitrogens with one attached hydrogen (secondary N) is 1. The summed E-state index contributed by atoms with van der Waals surface area (Å²) < 4.78 is 5.73. The summed E-state index contributed by atoms with van der Waals surface area (Å²) in [4.78, 5) is 16.4.